The zero-order valence-electron chi connectivity index (χ0n) is 15.4. The van der Waals surface area contributed by atoms with E-state index in [2.05, 4.69) is 34.1 Å². The fourth-order valence-corrected chi connectivity index (χ4v) is 3.87. The van der Waals surface area contributed by atoms with Gasteiger partial charge in [-0.2, -0.15) is 0 Å². The summed E-state index contributed by atoms with van der Waals surface area (Å²) in [5.74, 6) is 0.260. The van der Waals surface area contributed by atoms with Crippen LogP contribution in [0.25, 0.3) is 0 Å². The lowest BCUT2D eigenvalue weighted by Gasteiger charge is -2.32. The fourth-order valence-electron chi connectivity index (χ4n) is 3.87. The maximum absolute atomic E-state index is 13.4. The van der Waals surface area contributed by atoms with E-state index >= 15 is 0 Å². The monoisotopic (exact) mass is 361 g/mol. The molecule has 1 aromatic carbocycles. The number of hydrogen-bond donors (Lipinski definition) is 0. The van der Waals surface area contributed by atoms with Gasteiger partial charge in [0.25, 0.3) is 0 Å². The summed E-state index contributed by atoms with van der Waals surface area (Å²) < 4.78 is 13.4. The van der Waals surface area contributed by atoms with Gasteiger partial charge in [-0.15, -0.1) is 0 Å². The molecule has 0 spiro atoms. The summed E-state index contributed by atoms with van der Waals surface area (Å²) in [6.07, 6.45) is 6.73. The van der Waals surface area contributed by atoms with Crippen LogP contribution in [0.4, 0.5) is 4.39 Å². The number of halogens is 1. The molecule has 0 bridgehead atoms. The molecule has 1 saturated heterocycles. The van der Waals surface area contributed by atoms with E-state index < -0.39 is 0 Å². The molecule has 4 rings (SSSR count). The van der Waals surface area contributed by atoms with Gasteiger partial charge in [-0.05, 0) is 66.9 Å². The quantitative estimate of drug-likeness (QED) is 0.666. The third-order valence-electron chi connectivity index (χ3n) is 5.18. The van der Waals surface area contributed by atoms with Gasteiger partial charge in [0, 0.05) is 49.2 Å². The highest BCUT2D eigenvalue weighted by molar-refractivity contribution is 5.24. The second-order valence-electron chi connectivity index (χ2n) is 7.29. The molecule has 0 aliphatic carbocycles. The second-order valence-corrected chi connectivity index (χ2v) is 7.29. The summed E-state index contributed by atoms with van der Waals surface area (Å²) >= 11 is 0. The molecule has 1 atom stereocenters. The van der Waals surface area contributed by atoms with Gasteiger partial charge in [0.2, 0.25) is 0 Å². The molecule has 0 unspecified atom stereocenters. The molecule has 3 aromatic rings. The van der Waals surface area contributed by atoms with Crippen LogP contribution in [0.2, 0.25) is 0 Å². The molecule has 1 aliphatic rings. The van der Waals surface area contributed by atoms with Crippen LogP contribution in [0.1, 0.15) is 41.3 Å². The second kappa shape index (κ2) is 8.40. The number of benzene rings is 1. The Kier molecular flexibility index (Phi) is 5.54. The number of pyridine rings is 2. The summed E-state index contributed by atoms with van der Waals surface area (Å²) in [5, 5.41) is 0. The van der Waals surface area contributed by atoms with Crippen molar-refractivity contribution in [1.82, 2.24) is 14.9 Å². The Labute approximate surface area is 159 Å². The zero-order valence-corrected chi connectivity index (χ0v) is 15.4. The van der Waals surface area contributed by atoms with Crippen LogP contribution in [-0.4, -0.2) is 28.0 Å². The minimum Gasteiger partial charge on any atom is -0.298 e. The average molecular weight is 361 g/mol. The molecular weight excluding hydrogens is 337 g/mol. The van der Waals surface area contributed by atoms with Crippen LogP contribution in [0.5, 0.6) is 0 Å². The minimum absolute atomic E-state index is 0.192. The molecule has 3 nitrogen and oxygen atoms in total. The predicted molar refractivity (Wildman–Crippen MR) is 105 cm³/mol. The predicted octanol–water partition coefficient (Wildman–Crippen LogP) is 4.59. The van der Waals surface area contributed by atoms with Gasteiger partial charge in [0.05, 0.1) is 0 Å². The maximum atomic E-state index is 13.4. The van der Waals surface area contributed by atoms with Gasteiger partial charge >= 0.3 is 0 Å². The molecule has 4 heteroatoms. The molecule has 27 heavy (non-hydrogen) atoms. The first-order valence-corrected chi connectivity index (χ1v) is 9.58. The van der Waals surface area contributed by atoms with Crippen molar-refractivity contribution in [2.75, 3.05) is 13.1 Å². The molecule has 0 radical (unpaired) electrons. The molecule has 0 amide bonds. The smallest absolute Gasteiger partial charge is 0.123 e. The van der Waals surface area contributed by atoms with E-state index in [1.807, 2.05) is 24.5 Å². The topological polar surface area (TPSA) is 29.0 Å². The third-order valence-corrected chi connectivity index (χ3v) is 5.18. The van der Waals surface area contributed by atoms with Gasteiger partial charge in [-0.25, -0.2) is 4.39 Å². The van der Waals surface area contributed by atoms with E-state index in [-0.39, 0.29) is 5.82 Å². The van der Waals surface area contributed by atoms with Crippen molar-refractivity contribution >= 4 is 0 Å². The van der Waals surface area contributed by atoms with Gasteiger partial charge < -0.3 is 0 Å². The van der Waals surface area contributed by atoms with Crippen molar-refractivity contribution in [3.8, 4) is 0 Å². The largest absolute Gasteiger partial charge is 0.298 e. The SMILES string of the molecule is Fc1cccc(Cc2cccc([C@@H]3CCCN(Cc4ccncc4)C3)n2)c1. The van der Waals surface area contributed by atoms with Gasteiger partial charge in [-0.1, -0.05) is 18.2 Å². The number of nitrogens with zero attached hydrogens (tertiary/aromatic N) is 3. The van der Waals surface area contributed by atoms with Crippen LogP contribution < -0.4 is 0 Å². The van der Waals surface area contributed by atoms with Crippen molar-refractivity contribution in [1.29, 1.82) is 0 Å². The van der Waals surface area contributed by atoms with Gasteiger partial charge in [0.15, 0.2) is 0 Å². The molecule has 0 N–H and O–H groups in total. The number of aromatic nitrogens is 2. The van der Waals surface area contributed by atoms with E-state index in [0.717, 1.165) is 36.6 Å². The highest BCUT2D eigenvalue weighted by atomic mass is 19.1. The first kappa shape index (κ1) is 17.8. The van der Waals surface area contributed by atoms with E-state index in [1.165, 1.54) is 24.5 Å². The van der Waals surface area contributed by atoms with Crippen molar-refractivity contribution in [3.05, 3.63) is 95.3 Å². The van der Waals surface area contributed by atoms with Crippen LogP contribution in [0.3, 0.4) is 0 Å². The number of piperidine rings is 1. The first-order valence-electron chi connectivity index (χ1n) is 9.58. The highest BCUT2D eigenvalue weighted by Crippen LogP contribution is 2.27. The molecule has 1 fully saturated rings. The molecule has 2 aromatic heterocycles. The number of likely N-dealkylation sites (tertiary alicyclic amines) is 1. The van der Waals surface area contributed by atoms with Crippen molar-refractivity contribution in [3.63, 3.8) is 0 Å². The van der Waals surface area contributed by atoms with Crippen LogP contribution in [-0.2, 0) is 13.0 Å². The Balaban J connectivity index is 1.44. The summed E-state index contributed by atoms with van der Waals surface area (Å²) in [6, 6.07) is 17.2. The van der Waals surface area contributed by atoms with E-state index in [0.29, 0.717) is 12.3 Å². The summed E-state index contributed by atoms with van der Waals surface area (Å²) in [7, 11) is 0. The third kappa shape index (κ3) is 4.77. The van der Waals surface area contributed by atoms with Gasteiger partial charge in [0.1, 0.15) is 5.82 Å². The summed E-state index contributed by atoms with van der Waals surface area (Å²) in [6.45, 7) is 3.11. The summed E-state index contributed by atoms with van der Waals surface area (Å²) in [4.78, 5) is 11.5. The van der Waals surface area contributed by atoms with Crippen molar-refractivity contribution < 1.29 is 4.39 Å². The fraction of sp³-hybridized carbons (Fsp3) is 0.304. The molecule has 1 aliphatic heterocycles. The number of hydrogen-bond acceptors (Lipinski definition) is 3. The van der Waals surface area contributed by atoms with E-state index in [1.54, 1.807) is 12.1 Å². The normalized spacial score (nSPS) is 17.7. The Morgan fingerprint density at radius 3 is 2.70 bits per heavy atom. The molecule has 0 saturated carbocycles. The standard InChI is InChI=1S/C23H24FN3/c24-21-6-1-4-19(14-21)15-22-7-2-8-23(26-22)20-5-3-13-27(17-20)16-18-9-11-25-12-10-18/h1-2,4,6-12,14,20H,3,5,13,15-17H2/t20-/m1/s1. The Morgan fingerprint density at radius 2 is 1.85 bits per heavy atom. The van der Waals surface area contributed by atoms with E-state index in [4.69, 9.17) is 4.98 Å². The average Bonchev–Trinajstić information content (AvgIpc) is 2.69. The highest BCUT2D eigenvalue weighted by Gasteiger charge is 2.22. The lowest BCUT2D eigenvalue weighted by Crippen LogP contribution is -2.34. The van der Waals surface area contributed by atoms with Gasteiger partial charge in [-0.3, -0.25) is 14.9 Å². The number of rotatable bonds is 5. The van der Waals surface area contributed by atoms with E-state index in [9.17, 15) is 4.39 Å². The van der Waals surface area contributed by atoms with Crippen LogP contribution in [0.15, 0.2) is 67.0 Å². The molecule has 3 heterocycles. The Bertz CT molecular complexity index is 882. The maximum Gasteiger partial charge on any atom is 0.123 e. The molecule has 138 valence electrons. The first-order chi connectivity index (χ1) is 13.3. The summed E-state index contributed by atoms with van der Waals surface area (Å²) in [5.41, 5.74) is 4.42. The Hall–Kier alpha value is -2.59. The van der Waals surface area contributed by atoms with Crippen LogP contribution >= 0.6 is 0 Å². The zero-order chi connectivity index (χ0) is 18.5. The van der Waals surface area contributed by atoms with Crippen LogP contribution in [0, 0.1) is 5.82 Å². The lowest BCUT2D eigenvalue weighted by molar-refractivity contribution is 0.198. The molecular formula is C23H24FN3. The minimum atomic E-state index is -0.192. The van der Waals surface area contributed by atoms with Crippen molar-refractivity contribution in [2.24, 2.45) is 0 Å². The Morgan fingerprint density at radius 1 is 1.00 bits per heavy atom. The van der Waals surface area contributed by atoms with Crippen molar-refractivity contribution in [2.45, 2.75) is 31.7 Å². The lowest BCUT2D eigenvalue weighted by atomic mass is 9.93.